The predicted molar refractivity (Wildman–Crippen MR) is 126 cm³/mol. The van der Waals surface area contributed by atoms with Gasteiger partial charge in [0.05, 0.1) is 6.61 Å². The molecule has 31 heavy (non-hydrogen) atoms. The first kappa shape index (κ1) is 25.3. The van der Waals surface area contributed by atoms with E-state index in [9.17, 15) is 0 Å². The molecule has 0 aliphatic carbocycles. The van der Waals surface area contributed by atoms with Gasteiger partial charge in [-0.2, -0.15) is 0 Å². The second-order valence-electron chi connectivity index (χ2n) is 6.56. The Morgan fingerprint density at radius 3 is 2.71 bits per heavy atom. The third-order valence-electron chi connectivity index (χ3n) is 4.29. The van der Waals surface area contributed by atoms with Crippen molar-refractivity contribution in [3.05, 3.63) is 58.6 Å². The van der Waals surface area contributed by atoms with E-state index in [0.29, 0.717) is 24.0 Å². The van der Waals surface area contributed by atoms with Gasteiger partial charge in [0.2, 0.25) is 5.16 Å². The van der Waals surface area contributed by atoms with Gasteiger partial charge in [-0.15, -0.1) is 17.5 Å². The fourth-order valence-corrected chi connectivity index (χ4v) is 3.74. The van der Waals surface area contributed by atoms with Crippen molar-refractivity contribution in [1.82, 2.24) is 25.5 Å². The standard InChI is InChI=1S/C21H26ClN5O2S.ClH/c1-3-28-20-13-16(14-23-11-6-12-30-21-24-25-26-27(21)2)9-10-19(20)29-15-17-7-4-5-8-18(17)22;/h4-5,7-10,13,23H,3,6,11-12,14-15H2,1-2H3;1H. The number of ether oxygens (including phenoxy) is 2. The molecule has 1 aromatic heterocycles. The van der Waals surface area contributed by atoms with Gasteiger partial charge in [-0.1, -0.05) is 47.6 Å². The highest BCUT2D eigenvalue weighted by Crippen LogP contribution is 2.30. The zero-order valence-electron chi connectivity index (χ0n) is 17.6. The van der Waals surface area contributed by atoms with Crippen LogP contribution in [0.25, 0.3) is 0 Å². The zero-order chi connectivity index (χ0) is 21.2. The van der Waals surface area contributed by atoms with Gasteiger partial charge in [0.25, 0.3) is 0 Å². The number of halogens is 2. The first-order valence-electron chi connectivity index (χ1n) is 9.85. The van der Waals surface area contributed by atoms with Crippen LogP contribution in [0.15, 0.2) is 47.6 Å². The van der Waals surface area contributed by atoms with Crippen LogP contribution in [0.1, 0.15) is 24.5 Å². The smallest absolute Gasteiger partial charge is 0.209 e. The molecular weight excluding hydrogens is 457 g/mol. The van der Waals surface area contributed by atoms with Gasteiger partial charge in [0.1, 0.15) is 6.61 Å². The topological polar surface area (TPSA) is 74.1 Å². The number of aromatic nitrogens is 4. The Morgan fingerprint density at radius 2 is 1.97 bits per heavy atom. The molecule has 2 aromatic carbocycles. The maximum atomic E-state index is 6.21. The van der Waals surface area contributed by atoms with E-state index in [1.54, 1.807) is 16.4 Å². The Labute approximate surface area is 198 Å². The Hall–Kier alpha value is -2.00. The summed E-state index contributed by atoms with van der Waals surface area (Å²) in [6, 6.07) is 13.7. The maximum absolute atomic E-state index is 6.21. The second-order valence-corrected chi connectivity index (χ2v) is 8.03. The number of aryl methyl sites for hydroxylation is 1. The third-order valence-corrected chi connectivity index (χ3v) is 5.75. The first-order chi connectivity index (χ1) is 14.7. The Bertz CT molecular complexity index is 942. The molecule has 0 spiro atoms. The lowest BCUT2D eigenvalue weighted by molar-refractivity contribution is 0.269. The summed E-state index contributed by atoms with van der Waals surface area (Å²) in [5.41, 5.74) is 2.09. The van der Waals surface area contributed by atoms with Crippen molar-refractivity contribution in [1.29, 1.82) is 0 Å². The number of hydrogen-bond acceptors (Lipinski definition) is 7. The number of nitrogens with one attached hydrogen (secondary N) is 1. The van der Waals surface area contributed by atoms with Crippen molar-refractivity contribution < 1.29 is 9.47 Å². The lowest BCUT2D eigenvalue weighted by Crippen LogP contribution is -2.15. The van der Waals surface area contributed by atoms with E-state index in [1.807, 2.05) is 50.4 Å². The van der Waals surface area contributed by atoms with Crippen molar-refractivity contribution in [2.24, 2.45) is 7.05 Å². The SMILES string of the molecule is CCOc1cc(CNCCCSc2nnnn2C)ccc1OCc1ccccc1Cl.Cl. The summed E-state index contributed by atoms with van der Waals surface area (Å²) in [5, 5.41) is 16.4. The fraction of sp³-hybridized carbons (Fsp3) is 0.381. The second kappa shape index (κ2) is 13.4. The van der Waals surface area contributed by atoms with E-state index in [2.05, 4.69) is 26.9 Å². The Morgan fingerprint density at radius 1 is 1.13 bits per heavy atom. The lowest BCUT2D eigenvalue weighted by Gasteiger charge is -2.14. The van der Waals surface area contributed by atoms with Crippen molar-refractivity contribution in [3.8, 4) is 11.5 Å². The number of nitrogens with zero attached hydrogens (tertiary/aromatic N) is 4. The van der Waals surface area contributed by atoms with Crippen LogP contribution in [0, 0.1) is 0 Å². The molecule has 7 nitrogen and oxygen atoms in total. The van der Waals surface area contributed by atoms with Gasteiger partial charge < -0.3 is 14.8 Å². The summed E-state index contributed by atoms with van der Waals surface area (Å²) >= 11 is 7.87. The number of hydrogen-bond donors (Lipinski definition) is 1. The molecule has 0 unspecified atom stereocenters. The summed E-state index contributed by atoms with van der Waals surface area (Å²) in [5.74, 6) is 2.42. The van der Waals surface area contributed by atoms with Crippen molar-refractivity contribution in [2.45, 2.75) is 31.7 Å². The minimum absolute atomic E-state index is 0. The van der Waals surface area contributed by atoms with Crippen LogP contribution >= 0.6 is 35.8 Å². The molecule has 0 aliphatic rings. The highest BCUT2D eigenvalue weighted by atomic mass is 35.5. The van der Waals surface area contributed by atoms with Gasteiger partial charge in [0, 0.05) is 29.9 Å². The monoisotopic (exact) mass is 483 g/mol. The molecule has 0 amide bonds. The highest BCUT2D eigenvalue weighted by molar-refractivity contribution is 7.99. The molecule has 0 radical (unpaired) electrons. The van der Waals surface area contributed by atoms with Gasteiger partial charge in [0.15, 0.2) is 11.5 Å². The van der Waals surface area contributed by atoms with Gasteiger partial charge in [-0.25, -0.2) is 4.68 Å². The van der Waals surface area contributed by atoms with Crippen LogP contribution in [0.3, 0.4) is 0 Å². The van der Waals surface area contributed by atoms with E-state index in [-0.39, 0.29) is 12.4 Å². The van der Waals surface area contributed by atoms with Gasteiger partial charge >= 0.3 is 0 Å². The molecule has 0 aliphatic heterocycles. The molecule has 10 heteroatoms. The molecule has 168 valence electrons. The van der Waals surface area contributed by atoms with Crippen LogP contribution in [0.2, 0.25) is 5.02 Å². The van der Waals surface area contributed by atoms with Gasteiger partial charge in [-0.3, -0.25) is 0 Å². The Balaban J connectivity index is 0.00000341. The van der Waals surface area contributed by atoms with E-state index in [1.165, 1.54) is 0 Å². The molecule has 3 aromatic rings. The van der Waals surface area contributed by atoms with E-state index >= 15 is 0 Å². The minimum atomic E-state index is 0. The van der Waals surface area contributed by atoms with Crippen LogP contribution in [0.4, 0.5) is 0 Å². The summed E-state index contributed by atoms with van der Waals surface area (Å²) < 4.78 is 13.4. The fourth-order valence-electron chi connectivity index (χ4n) is 2.76. The van der Waals surface area contributed by atoms with Crippen LogP contribution in [0.5, 0.6) is 11.5 Å². The molecule has 1 heterocycles. The van der Waals surface area contributed by atoms with Gasteiger partial charge in [-0.05, 0) is 54.1 Å². The number of rotatable bonds is 12. The largest absolute Gasteiger partial charge is 0.490 e. The molecule has 3 rings (SSSR count). The zero-order valence-corrected chi connectivity index (χ0v) is 20.0. The molecule has 0 saturated heterocycles. The minimum Gasteiger partial charge on any atom is -0.490 e. The molecule has 1 N–H and O–H groups in total. The van der Waals surface area contributed by atoms with Crippen LogP contribution < -0.4 is 14.8 Å². The Kier molecular flexibility index (Phi) is 10.9. The number of benzene rings is 2. The quantitative estimate of drug-likeness (QED) is 0.299. The van der Waals surface area contributed by atoms with Crippen molar-refractivity contribution >= 4 is 35.8 Å². The average Bonchev–Trinajstić information content (AvgIpc) is 3.16. The van der Waals surface area contributed by atoms with E-state index in [0.717, 1.165) is 47.3 Å². The lowest BCUT2D eigenvalue weighted by atomic mass is 10.2. The maximum Gasteiger partial charge on any atom is 0.209 e. The number of tetrazole rings is 1. The molecule has 0 fully saturated rings. The third kappa shape index (κ3) is 7.88. The number of thioether (sulfide) groups is 1. The molecule has 0 saturated carbocycles. The summed E-state index contributed by atoms with van der Waals surface area (Å²) in [6.07, 6.45) is 1.02. The van der Waals surface area contributed by atoms with Crippen LogP contribution in [-0.2, 0) is 20.2 Å². The first-order valence-corrected chi connectivity index (χ1v) is 11.2. The van der Waals surface area contributed by atoms with Crippen molar-refractivity contribution in [2.75, 3.05) is 18.9 Å². The summed E-state index contributed by atoms with van der Waals surface area (Å²) in [4.78, 5) is 0. The highest BCUT2D eigenvalue weighted by Gasteiger charge is 2.08. The van der Waals surface area contributed by atoms with E-state index in [4.69, 9.17) is 21.1 Å². The molecule has 0 bridgehead atoms. The normalized spacial score (nSPS) is 10.5. The van der Waals surface area contributed by atoms with E-state index < -0.39 is 0 Å². The molecular formula is C21H27Cl2N5O2S. The van der Waals surface area contributed by atoms with Crippen molar-refractivity contribution in [3.63, 3.8) is 0 Å². The average molecular weight is 484 g/mol. The molecule has 0 atom stereocenters. The summed E-state index contributed by atoms with van der Waals surface area (Å²) in [7, 11) is 1.85. The predicted octanol–water partition coefficient (Wildman–Crippen LogP) is 4.54. The summed E-state index contributed by atoms with van der Waals surface area (Å²) in [6.45, 7) is 4.62. The van der Waals surface area contributed by atoms with Crippen LogP contribution in [-0.4, -0.2) is 39.1 Å².